The van der Waals surface area contributed by atoms with Crippen LogP contribution in [0.4, 0.5) is 0 Å². The number of halogens is 1. The first-order chi connectivity index (χ1) is 5.68. The molecule has 1 saturated heterocycles. The molecule has 12 heavy (non-hydrogen) atoms. The van der Waals surface area contributed by atoms with E-state index in [2.05, 4.69) is 13.8 Å². The fourth-order valence-electron chi connectivity index (χ4n) is 1.72. The fraction of sp³-hybridized carbons (Fsp3) is 1.00. The first-order valence-electron chi connectivity index (χ1n) is 4.94. The van der Waals surface area contributed by atoms with Gasteiger partial charge in [0.2, 0.25) is 0 Å². The molecule has 1 aliphatic rings. The molecule has 1 heterocycles. The third-order valence-electron chi connectivity index (χ3n) is 2.27. The maximum absolute atomic E-state index is 6.12. The molecule has 0 spiro atoms. The molecule has 0 aromatic rings. The highest BCUT2D eigenvalue weighted by atomic mass is 35.5. The van der Waals surface area contributed by atoms with Gasteiger partial charge in [0.1, 0.15) is 0 Å². The molecule has 1 fully saturated rings. The summed E-state index contributed by atoms with van der Waals surface area (Å²) < 4.78 is 5.70. The van der Waals surface area contributed by atoms with E-state index in [-0.39, 0.29) is 0 Å². The molecule has 0 unspecified atom stereocenters. The van der Waals surface area contributed by atoms with Gasteiger partial charge in [0.25, 0.3) is 0 Å². The van der Waals surface area contributed by atoms with Crippen molar-refractivity contribution in [1.82, 2.24) is 0 Å². The van der Waals surface area contributed by atoms with Gasteiger partial charge < -0.3 is 4.74 Å². The van der Waals surface area contributed by atoms with Crippen molar-refractivity contribution in [1.29, 1.82) is 0 Å². The van der Waals surface area contributed by atoms with Crippen LogP contribution in [0.25, 0.3) is 0 Å². The van der Waals surface area contributed by atoms with Crippen molar-refractivity contribution >= 4 is 11.6 Å². The second-order valence-electron chi connectivity index (χ2n) is 4.10. The molecule has 0 aromatic carbocycles. The molecule has 0 N–H and O–H groups in total. The van der Waals surface area contributed by atoms with Crippen LogP contribution in [0.5, 0.6) is 0 Å². The molecule has 0 bridgehead atoms. The van der Waals surface area contributed by atoms with E-state index in [4.69, 9.17) is 16.3 Å². The molecule has 0 amide bonds. The van der Waals surface area contributed by atoms with Gasteiger partial charge in [-0.25, -0.2) is 0 Å². The maximum atomic E-state index is 6.12. The van der Waals surface area contributed by atoms with Crippen molar-refractivity contribution in [3.8, 4) is 0 Å². The summed E-state index contributed by atoms with van der Waals surface area (Å²) in [6.07, 6.45) is 4.86. The normalized spacial score (nSPS) is 32.0. The molecular formula is C10H19ClO. The van der Waals surface area contributed by atoms with Crippen LogP contribution in [0.1, 0.15) is 39.5 Å². The molecule has 2 atom stereocenters. The molecule has 0 aromatic heterocycles. The number of alkyl halides is 1. The van der Waals surface area contributed by atoms with Crippen molar-refractivity contribution < 1.29 is 4.74 Å². The Balaban J connectivity index is 2.31. The lowest BCUT2D eigenvalue weighted by Gasteiger charge is -2.18. The predicted octanol–water partition coefficient (Wildman–Crippen LogP) is 3.21. The van der Waals surface area contributed by atoms with E-state index < -0.39 is 0 Å². The van der Waals surface area contributed by atoms with Crippen LogP contribution in [0, 0.1) is 5.92 Å². The van der Waals surface area contributed by atoms with Crippen molar-refractivity contribution in [2.24, 2.45) is 5.92 Å². The summed E-state index contributed by atoms with van der Waals surface area (Å²) in [5.41, 5.74) is 0. The second-order valence-corrected chi connectivity index (χ2v) is 4.71. The molecule has 1 rings (SSSR count). The van der Waals surface area contributed by atoms with Crippen LogP contribution in [0.3, 0.4) is 0 Å². The van der Waals surface area contributed by atoms with Gasteiger partial charge >= 0.3 is 0 Å². The van der Waals surface area contributed by atoms with Gasteiger partial charge in [-0.05, 0) is 31.6 Å². The van der Waals surface area contributed by atoms with Gasteiger partial charge in [-0.3, -0.25) is 0 Å². The summed E-state index contributed by atoms with van der Waals surface area (Å²) in [5, 5.41) is 0.344. The summed E-state index contributed by atoms with van der Waals surface area (Å²) in [6, 6.07) is 0. The summed E-state index contributed by atoms with van der Waals surface area (Å²) in [6.45, 7) is 5.37. The highest BCUT2D eigenvalue weighted by Crippen LogP contribution is 2.22. The summed E-state index contributed by atoms with van der Waals surface area (Å²) in [4.78, 5) is 0. The van der Waals surface area contributed by atoms with E-state index >= 15 is 0 Å². The Bertz CT molecular complexity index is 125. The zero-order chi connectivity index (χ0) is 8.97. The Morgan fingerprint density at radius 2 is 2.25 bits per heavy atom. The Morgan fingerprint density at radius 1 is 1.50 bits per heavy atom. The zero-order valence-electron chi connectivity index (χ0n) is 8.05. The van der Waals surface area contributed by atoms with Crippen LogP contribution < -0.4 is 0 Å². The first kappa shape index (κ1) is 10.3. The van der Waals surface area contributed by atoms with Crippen molar-refractivity contribution in [2.75, 3.05) is 6.61 Å². The van der Waals surface area contributed by atoms with Crippen LogP contribution in [0.15, 0.2) is 0 Å². The molecule has 0 aliphatic carbocycles. The van der Waals surface area contributed by atoms with Gasteiger partial charge in [-0.1, -0.05) is 13.8 Å². The number of hydrogen-bond acceptors (Lipinski definition) is 1. The van der Waals surface area contributed by atoms with Crippen molar-refractivity contribution in [3.05, 3.63) is 0 Å². The van der Waals surface area contributed by atoms with Crippen molar-refractivity contribution in [2.45, 2.75) is 51.0 Å². The van der Waals surface area contributed by atoms with Gasteiger partial charge in [-0.2, -0.15) is 0 Å². The second kappa shape index (κ2) is 5.08. The molecule has 0 radical (unpaired) electrons. The first-order valence-corrected chi connectivity index (χ1v) is 5.37. The van der Waals surface area contributed by atoms with Gasteiger partial charge in [0.15, 0.2) is 0 Å². The molecule has 72 valence electrons. The monoisotopic (exact) mass is 190 g/mol. The van der Waals surface area contributed by atoms with Crippen LogP contribution in [-0.2, 0) is 4.74 Å². The van der Waals surface area contributed by atoms with E-state index in [1.54, 1.807) is 0 Å². The van der Waals surface area contributed by atoms with Crippen LogP contribution in [-0.4, -0.2) is 18.1 Å². The van der Waals surface area contributed by atoms with Gasteiger partial charge in [-0.15, -0.1) is 11.6 Å². The SMILES string of the molecule is CC(C)C[C@@H]1C[C@H](Cl)CCCO1. The molecule has 0 saturated carbocycles. The lowest BCUT2D eigenvalue weighted by Crippen LogP contribution is -2.17. The highest BCUT2D eigenvalue weighted by molar-refractivity contribution is 6.20. The summed E-state index contributed by atoms with van der Waals surface area (Å²) in [5.74, 6) is 0.719. The number of rotatable bonds is 2. The zero-order valence-corrected chi connectivity index (χ0v) is 8.81. The molecule has 1 nitrogen and oxygen atoms in total. The minimum atomic E-state index is 0.344. The van der Waals surface area contributed by atoms with Gasteiger partial charge in [0, 0.05) is 12.0 Å². The highest BCUT2D eigenvalue weighted by Gasteiger charge is 2.19. The Kier molecular flexibility index (Phi) is 4.38. The van der Waals surface area contributed by atoms with Crippen LogP contribution >= 0.6 is 11.6 Å². The van der Waals surface area contributed by atoms with Gasteiger partial charge in [0.05, 0.1) is 6.10 Å². The Morgan fingerprint density at radius 3 is 2.92 bits per heavy atom. The summed E-state index contributed by atoms with van der Waals surface area (Å²) in [7, 11) is 0. The fourth-order valence-corrected chi connectivity index (χ4v) is 2.07. The third kappa shape index (κ3) is 3.77. The lowest BCUT2D eigenvalue weighted by atomic mass is 10.0. The van der Waals surface area contributed by atoms with Crippen LogP contribution in [0.2, 0.25) is 0 Å². The smallest absolute Gasteiger partial charge is 0.0591 e. The minimum absolute atomic E-state index is 0.344. The number of hydrogen-bond donors (Lipinski definition) is 0. The van der Waals surface area contributed by atoms with E-state index in [1.807, 2.05) is 0 Å². The average Bonchev–Trinajstić information content (AvgIpc) is 2.12. The Hall–Kier alpha value is 0.250. The number of ether oxygens (including phenoxy) is 1. The van der Waals surface area contributed by atoms with E-state index in [0.717, 1.165) is 38.2 Å². The molecule has 1 aliphatic heterocycles. The third-order valence-corrected chi connectivity index (χ3v) is 2.66. The maximum Gasteiger partial charge on any atom is 0.0591 e. The Labute approximate surface area is 80.4 Å². The summed E-state index contributed by atoms with van der Waals surface area (Å²) >= 11 is 6.12. The van der Waals surface area contributed by atoms with Crippen molar-refractivity contribution in [3.63, 3.8) is 0 Å². The topological polar surface area (TPSA) is 9.23 Å². The largest absolute Gasteiger partial charge is 0.378 e. The average molecular weight is 191 g/mol. The standard InChI is InChI=1S/C10H19ClO/c1-8(2)6-10-7-9(11)4-3-5-12-10/h8-10H,3-7H2,1-2H3/t9-,10-/m1/s1. The quantitative estimate of drug-likeness (QED) is 0.608. The van der Waals surface area contributed by atoms with E-state index in [9.17, 15) is 0 Å². The van der Waals surface area contributed by atoms with E-state index in [0.29, 0.717) is 11.5 Å². The molecular weight excluding hydrogens is 172 g/mol. The predicted molar refractivity (Wildman–Crippen MR) is 52.7 cm³/mol. The molecule has 2 heteroatoms. The van der Waals surface area contributed by atoms with E-state index in [1.165, 1.54) is 0 Å². The minimum Gasteiger partial charge on any atom is -0.378 e. The lowest BCUT2D eigenvalue weighted by molar-refractivity contribution is 0.0447.